The molecule has 1 radical (unpaired) electrons. The van der Waals surface area contributed by atoms with Crippen LogP contribution in [0, 0.1) is 6.92 Å². The summed E-state index contributed by atoms with van der Waals surface area (Å²) in [6.45, 7) is 2.05. The maximum atomic E-state index is 9.99. The second-order valence-corrected chi connectivity index (χ2v) is 1.95. The molecule has 0 atom stereocenters. The largest absolute Gasteiger partial charge is 0.365 e. The summed E-state index contributed by atoms with van der Waals surface area (Å²) in [7, 11) is 0. The van der Waals surface area contributed by atoms with Gasteiger partial charge in [-0.25, -0.2) is 5.11 Å². The van der Waals surface area contributed by atoms with E-state index in [0.717, 1.165) is 5.76 Å². The highest BCUT2D eigenvalue weighted by atomic mass is 16.5. The van der Waals surface area contributed by atoms with Crippen LogP contribution in [0.4, 0.5) is 5.82 Å². The molecule has 1 aromatic heterocycles. The Balaban J connectivity index is 2.42. The molecule has 1 aromatic rings. The van der Waals surface area contributed by atoms with Crippen molar-refractivity contribution < 1.29 is 9.63 Å². The van der Waals surface area contributed by atoms with E-state index in [1.165, 1.54) is 0 Å². The lowest BCUT2D eigenvalue weighted by Gasteiger charge is -1.93. The number of nitrogens with zero attached hydrogens (tertiary/aromatic N) is 1. The van der Waals surface area contributed by atoms with Gasteiger partial charge in [-0.15, -0.1) is 0 Å². The Morgan fingerprint density at radius 3 is 3.10 bits per heavy atom. The fourth-order valence-corrected chi connectivity index (χ4v) is 0.629. The molecule has 0 bridgehead atoms. The zero-order chi connectivity index (χ0) is 7.40. The minimum Gasteiger partial charge on any atom is -0.365 e. The Bertz CT molecular complexity index is 197. The Morgan fingerprint density at radius 1 is 1.80 bits per heavy atom. The number of anilines is 1. The first-order valence-corrected chi connectivity index (χ1v) is 3.08. The standard InChI is InChI=1S/C6H9N2O2/c1-5-4-6(8-10-5)7-2-3-9/h4H,2-3H2,1H3,(H,7,8). The van der Waals surface area contributed by atoms with Crippen molar-refractivity contribution in [1.29, 1.82) is 0 Å². The summed E-state index contributed by atoms with van der Waals surface area (Å²) < 4.78 is 4.75. The topological polar surface area (TPSA) is 58.0 Å². The minimum atomic E-state index is -0.147. The highest BCUT2D eigenvalue weighted by Gasteiger charge is 1.96. The van der Waals surface area contributed by atoms with Crippen LogP contribution in [-0.2, 0) is 5.11 Å². The van der Waals surface area contributed by atoms with Gasteiger partial charge in [-0.3, -0.25) is 0 Å². The van der Waals surface area contributed by atoms with Gasteiger partial charge in [-0.2, -0.15) is 0 Å². The van der Waals surface area contributed by atoms with Crippen LogP contribution in [-0.4, -0.2) is 18.3 Å². The first-order valence-electron chi connectivity index (χ1n) is 3.08. The summed E-state index contributed by atoms with van der Waals surface area (Å²) in [6, 6.07) is 1.75. The quantitative estimate of drug-likeness (QED) is 0.678. The average Bonchev–Trinajstić information content (AvgIpc) is 2.31. The zero-order valence-corrected chi connectivity index (χ0v) is 5.76. The summed E-state index contributed by atoms with van der Waals surface area (Å²) in [4.78, 5) is 0. The van der Waals surface area contributed by atoms with Gasteiger partial charge in [0.05, 0.1) is 6.61 Å². The van der Waals surface area contributed by atoms with Crippen molar-refractivity contribution in [1.82, 2.24) is 5.16 Å². The van der Waals surface area contributed by atoms with Gasteiger partial charge in [0.1, 0.15) is 5.76 Å². The first kappa shape index (κ1) is 7.08. The lowest BCUT2D eigenvalue weighted by molar-refractivity contribution is 0.206. The Labute approximate surface area is 58.8 Å². The third-order valence-corrected chi connectivity index (χ3v) is 1.04. The van der Waals surface area contributed by atoms with E-state index in [4.69, 9.17) is 4.52 Å². The molecule has 1 heterocycles. The molecular weight excluding hydrogens is 132 g/mol. The lowest BCUT2D eigenvalue weighted by atomic mass is 10.5. The van der Waals surface area contributed by atoms with Gasteiger partial charge in [-0.1, -0.05) is 5.16 Å². The molecule has 0 amide bonds. The molecule has 0 fully saturated rings. The molecule has 0 aliphatic carbocycles. The SMILES string of the molecule is Cc1cc(NCC[O])no1. The summed E-state index contributed by atoms with van der Waals surface area (Å²) >= 11 is 0. The second kappa shape index (κ2) is 3.22. The first-order chi connectivity index (χ1) is 4.83. The summed E-state index contributed by atoms with van der Waals surface area (Å²) in [6.07, 6.45) is 0. The normalized spacial score (nSPS) is 9.80. The molecule has 1 N–H and O–H groups in total. The molecule has 10 heavy (non-hydrogen) atoms. The third-order valence-electron chi connectivity index (χ3n) is 1.04. The third kappa shape index (κ3) is 1.73. The van der Waals surface area contributed by atoms with Gasteiger partial charge < -0.3 is 9.84 Å². The Kier molecular flexibility index (Phi) is 2.28. The van der Waals surface area contributed by atoms with E-state index in [9.17, 15) is 5.11 Å². The lowest BCUT2D eigenvalue weighted by Crippen LogP contribution is -2.04. The number of rotatable bonds is 3. The van der Waals surface area contributed by atoms with Gasteiger partial charge in [0.25, 0.3) is 0 Å². The predicted octanol–water partition coefficient (Wildman–Crippen LogP) is 0.825. The van der Waals surface area contributed by atoms with Crippen LogP contribution >= 0.6 is 0 Å². The smallest absolute Gasteiger partial charge is 0.169 e. The van der Waals surface area contributed by atoms with Crippen LogP contribution in [0.3, 0.4) is 0 Å². The average molecular weight is 141 g/mol. The van der Waals surface area contributed by atoms with Crippen molar-refractivity contribution in [3.05, 3.63) is 11.8 Å². The highest BCUT2D eigenvalue weighted by molar-refractivity contribution is 5.32. The van der Waals surface area contributed by atoms with E-state index in [-0.39, 0.29) is 6.61 Å². The molecule has 4 nitrogen and oxygen atoms in total. The van der Waals surface area contributed by atoms with E-state index >= 15 is 0 Å². The molecule has 0 aliphatic heterocycles. The summed E-state index contributed by atoms with van der Waals surface area (Å²) in [5.74, 6) is 1.38. The zero-order valence-electron chi connectivity index (χ0n) is 5.76. The van der Waals surface area contributed by atoms with Crippen molar-refractivity contribution in [2.24, 2.45) is 0 Å². The van der Waals surface area contributed by atoms with Gasteiger partial charge >= 0.3 is 0 Å². The van der Waals surface area contributed by atoms with E-state index in [2.05, 4.69) is 10.5 Å². The van der Waals surface area contributed by atoms with E-state index in [0.29, 0.717) is 12.4 Å². The molecule has 0 saturated carbocycles. The van der Waals surface area contributed by atoms with Crippen LogP contribution in [0.5, 0.6) is 0 Å². The molecule has 0 unspecified atom stereocenters. The number of hydrogen-bond acceptors (Lipinski definition) is 3. The van der Waals surface area contributed by atoms with Crippen LogP contribution < -0.4 is 5.32 Å². The second-order valence-electron chi connectivity index (χ2n) is 1.95. The van der Waals surface area contributed by atoms with Crippen molar-refractivity contribution in [3.8, 4) is 0 Å². The number of hydrogen-bond donors (Lipinski definition) is 1. The molecule has 0 aromatic carbocycles. The van der Waals surface area contributed by atoms with Crippen molar-refractivity contribution in [3.63, 3.8) is 0 Å². The van der Waals surface area contributed by atoms with Gasteiger partial charge in [0.2, 0.25) is 0 Å². The maximum absolute atomic E-state index is 9.99. The maximum Gasteiger partial charge on any atom is 0.169 e. The van der Waals surface area contributed by atoms with Crippen LogP contribution in [0.2, 0.25) is 0 Å². The van der Waals surface area contributed by atoms with Gasteiger partial charge in [0.15, 0.2) is 5.82 Å². The molecule has 1 rings (SSSR count). The highest BCUT2D eigenvalue weighted by Crippen LogP contribution is 2.05. The fourth-order valence-electron chi connectivity index (χ4n) is 0.629. The molecule has 0 saturated heterocycles. The minimum absolute atomic E-state index is 0.147. The van der Waals surface area contributed by atoms with Crippen LogP contribution in [0.1, 0.15) is 5.76 Å². The van der Waals surface area contributed by atoms with Gasteiger partial charge in [-0.05, 0) is 6.92 Å². The molecule has 0 aliphatic rings. The monoisotopic (exact) mass is 141 g/mol. The number of nitrogens with one attached hydrogen (secondary N) is 1. The van der Waals surface area contributed by atoms with Crippen molar-refractivity contribution in [2.45, 2.75) is 6.92 Å². The van der Waals surface area contributed by atoms with Crippen LogP contribution in [0.15, 0.2) is 10.6 Å². The predicted molar refractivity (Wildman–Crippen MR) is 35.3 cm³/mol. The van der Waals surface area contributed by atoms with Crippen LogP contribution in [0.25, 0.3) is 0 Å². The number of aromatic nitrogens is 1. The molecule has 0 spiro atoms. The van der Waals surface area contributed by atoms with Crippen molar-refractivity contribution in [2.75, 3.05) is 18.5 Å². The summed E-state index contributed by atoms with van der Waals surface area (Å²) in [5, 5.41) is 16.4. The van der Waals surface area contributed by atoms with E-state index < -0.39 is 0 Å². The molecule has 4 heteroatoms. The summed E-state index contributed by atoms with van der Waals surface area (Å²) in [5.41, 5.74) is 0. The molecule has 55 valence electrons. The van der Waals surface area contributed by atoms with E-state index in [1.807, 2.05) is 0 Å². The van der Waals surface area contributed by atoms with Gasteiger partial charge in [0, 0.05) is 12.6 Å². The molecular formula is C6H9N2O2. The van der Waals surface area contributed by atoms with E-state index in [1.54, 1.807) is 13.0 Å². The Hall–Kier alpha value is -1.03. The Morgan fingerprint density at radius 2 is 2.60 bits per heavy atom. The number of aryl methyl sites for hydroxylation is 1. The fraction of sp³-hybridized carbons (Fsp3) is 0.500. The van der Waals surface area contributed by atoms with Crippen molar-refractivity contribution >= 4 is 5.82 Å².